The van der Waals surface area contributed by atoms with Crippen LogP contribution in [-0.2, 0) is 11.4 Å². The molecular formula is C22H17BrCl2IN3O2. The van der Waals surface area contributed by atoms with Crippen LogP contribution >= 0.6 is 61.7 Å². The van der Waals surface area contributed by atoms with Crippen molar-refractivity contribution in [3.05, 3.63) is 89.9 Å². The highest BCUT2D eigenvalue weighted by Gasteiger charge is 2.06. The van der Waals surface area contributed by atoms with E-state index in [1.165, 1.54) is 0 Å². The summed E-state index contributed by atoms with van der Waals surface area (Å²) in [4.78, 5) is 11.9. The van der Waals surface area contributed by atoms with Crippen molar-refractivity contribution in [3.63, 3.8) is 0 Å². The first-order chi connectivity index (χ1) is 14.9. The van der Waals surface area contributed by atoms with Crippen LogP contribution in [0.3, 0.4) is 0 Å². The van der Waals surface area contributed by atoms with E-state index in [9.17, 15) is 4.79 Å². The minimum Gasteiger partial charge on any atom is -0.488 e. The zero-order chi connectivity index (χ0) is 22.2. The molecule has 0 unspecified atom stereocenters. The molecule has 0 radical (unpaired) electrons. The molecule has 3 rings (SSSR count). The monoisotopic (exact) mass is 631 g/mol. The second-order valence-corrected chi connectivity index (χ2v) is 9.31. The molecule has 3 aromatic rings. The topological polar surface area (TPSA) is 62.7 Å². The number of carbonyl (C=O) groups is 1. The largest absolute Gasteiger partial charge is 0.488 e. The van der Waals surface area contributed by atoms with Crippen molar-refractivity contribution in [2.24, 2.45) is 5.10 Å². The average molecular weight is 633 g/mol. The lowest BCUT2D eigenvalue weighted by atomic mass is 10.2. The lowest BCUT2D eigenvalue weighted by Crippen LogP contribution is -2.25. The Labute approximate surface area is 212 Å². The lowest BCUT2D eigenvalue weighted by Gasteiger charge is -2.10. The lowest BCUT2D eigenvalue weighted by molar-refractivity contribution is -0.119. The minimum absolute atomic E-state index is 0.127. The van der Waals surface area contributed by atoms with E-state index in [0.29, 0.717) is 22.4 Å². The molecule has 9 heteroatoms. The van der Waals surface area contributed by atoms with Crippen molar-refractivity contribution < 1.29 is 9.53 Å². The Hall–Kier alpha value is -1.81. The molecule has 0 aliphatic rings. The van der Waals surface area contributed by atoms with Crippen LogP contribution in [0.15, 0.2) is 70.2 Å². The van der Waals surface area contributed by atoms with E-state index in [-0.39, 0.29) is 12.5 Å². The van der Waals surface area contributed by atoms with Gasteiger partial charge in [0.1, 0.15) is 12.4 Å². The quantitative estimate of drug-likeness (QED) is 0.169. The third-order valence-corrected chi connectivity index (χ3v) is 5.98. The summed E-state index contributed by atoms with van der Waals surface area (Å²) in [6.45, 7) is 0.438. The van der Waals surface area contributed by atoms with Crippen LogP contribution < -0.4 is 15.5 Å². The van der Waals surface area contributed by atoms with Crippen LogP contribution in [0.1, 0.15) is 11.1 Å². The van der Waals surface area contributed by atoms with E-state index in [2.05, 4.69) is 54.4 Å². The van der Waals surface area contributed by atoms with Crippen molar-refractivity contribution in [2.45, 2.75) is 6.61 Å². The molecule has 2 N–H and O–H groups in total. The van der Waals surface area contributed by atoms with Gasteiger partial charge in [0.2, 0.25) is 0 Å². The van der Waals surface area contributed by atoms with E-state index in [4.69, 9.17) is 27.9 Å². The second-order valence-electron chi connectivity index (χ2n) is 6.37. The summed E-state index contributed by atoms with van der Waals surface area (Å²) in [6, 6.07) is 18.5. The maximum absolute atomic E-state index is 11.9. The van der Waals surface area contributed by atoms with Crippen molar-refractivity contribution in [1.82, 2.24) is 5.43 Å². The molecule has 160 valence electrons. The molecule has 0 heterocycles. The van der Waals surface area contributed by atoms with Gasteiger partial charge in [0.15, 0.2) is 0 Å². The van der Waals surface area contributed by atoms with Crippen molar-refractivity contribution in [3.8, 4) is 5.75 Å². The van der Waals surface area contributed by atoms with E-state index >= 15 is 0 Å². The first-order valence-electron chi connectivity index (χ1n) is 9.08. The molecule has 0 saturated carbocycles. The van der Waals surface area contributed by atoms with Crippen LogP contribution in [0, 0.1) is 3.57 Å². The van der Waals surface area contributed by atoms with Gasteiger partial charge in [0, 0.05) is 24.9 Å². The number of hydrogen-bond donors (Lipinski definition) is 2. The SMILES string of the molecule is O=C(CNc1ccc(I)cc1)N/N=C\c1ccc(OCc2ccc(Cl)cc2Cl)c(Br)c1. The van der Waals surface area contributed by atoms with E-state index in [1.54, 1.807) is 18.3 Å². The van der Waals surface area contributed by atoms with Gasteiger partial charge >= 0.3 is 0 Å². The Morgan fingerprint density at radius 3 is 2.58 bits per heavy atom. The number of ether oxygens (including phenoxy) is 1. The van der Waals surface area contributed by atoms with Crippen molar-refractivity contribution in [2.75, 3.05) is 11.9 Å². The third kappa shape index (κ3) is 7.68. The van der Waals surface area contributed by atoms with Gasteiger partial charge in [-0.1, -0.05) is 29.3 Å². The Bertz CT molecular complexity index is 1090. The van der Waals surface area contributed by atoms with Gasteiger partial charge in [-0.3, -0.25) is 4.79 Å². The average Bonchev–Trinajstić information content (AvgIpc) is 2.74. The summed E-state index contributed by atoms with van der Waals surface area (Å²) < 4.78 is 7.72. The van der Waals surface area contributed by atoms with Gasteiger partial charge in [-0.15, -0.1) is 0 Å². The number of amides is 1. The molecule has 31 heavy (non-hydrogen) atoms. The van der Waals surface area contributed by atoms with E-state index < -0.39 is 0 Å². The van der Waals surface area contributed by atoms with Crippen LogP contribution in [0.5, 0.6) is 5.75 Å². The van der Waals surface area contributed by atoms with Gasteiger partial charge < -0.3 is 10.1 Å². The summed E-state index contributed by atoms with van der Waals surface area (Å²) >= 11 is 17.8. The predicted molar refractivity (Wildman–Crippen MR) is 138 cm³/mol. The number of nitrogens with zero attached hydrogens (tertiary/aromatic N) is 1. The number of halogens is 4. The number of anilines is 1. The zero-order valence-corrected chi connectivity index (χ0v) is 21.3. The normalized spacial score (nSPS) is 10.8. The van der Waals surface area contributed by atoms with Crippen molar-refractivity contribution in [1.29, 1.82) is 0 Å². The Kier molecular flexibility index (Phi) is 9.01. The molecule has 0 atom stereocenters. The van der Waals surface area contributed by atoms with Gasteiger partial charge in [0.25, 0.3) is 5.91 Å². The van der Waals surface area contributed by atoms with Crippen LogP contribution in [0.4, 0.5) is 5.69 Å². The van der Waals surface area contributed by atoms with Gasteiger partial charge in [-0.05, 0) is 98.7 Å². The summed E-state index contributed by atoms with van der Waals surface area (Å²) in [5.41, 5.74) is 5.01. The molecule has 0 aromatic heterocycles. The fourth-order valence-corrected chi connectivity index (χ4v) is 3.81. The Balaban J connectivity index is 1.49. The molecular weight excluding hydrogens is 616 g/mol. The van der Waals surface area contributed by atoms with Crippen LogP contribution in [-0.4, -0.2) is 18.7 Å². The summed E-state index contributed by atoms with van der Waals surface area (Å²) in [5, 5.41) is 8.17. The number of benzene rings is 3. The highest BCUT2D eigenvalue weighted by molar-refractivity contribution is 14.1. The van der Waals surface area contributed by atoms with Gasteiger partial charge in [-0.25, -0.2) is 5.43 Å². The highest BCUT2D eigenvalue weighted by Crippen LogP contribution is 2.28. The smallest absolute Gasteiger partial charge is 0.259 e. The summed E-state index contributed by atoms with van der Waals surface area (Å²) in [6.07, 6.45) is 1.56. The maximum Gasteiger partial charge on any atom is 0.259 e. The number of nitrogens with one attached hydrogen (secondary N) is 2. The third-order valence-electron chi connectivity index (χ3n) is 4.05. The first-order valence-corrected chi connectivity index (χ1v) is 11.7. The zero-order valence-electron chi connectivity index (χ0n) is 16.0. The summed E-state index contributed by atoms with van der Waals surface area (Å²) in [7, 11) is 0. The van der Waals surface area contributed by atoms with Gasteiger partial charge in [-0.2, -0.15) is 5.10 Å². The molecule has 0 spiro atoms. The molecule has 3 aromatic carbocycles. The van der Waals surface area contributed by atoms with E-state index in [1.807, 2.05) is 48.5 Å². The van der Waals surface area contributed by atoms with Crippen LogP contribution in [0.25, 0.3) is 0 Å². The molecule has 0 fully saturated rings. The first kappa shape index (κ1) is 23.8. The Morgan fingerprint density at radius 2 is 1.87 bits per heavy atom. The molecule has 0 bridgehead atoms. The Morgan fingerprint density at radius 1 is 1.10 bits per heavy atom. The second kappa shape index (κ2) is 11.7. The highest BCUT2D eigenvalue weighted by atomic mass is 127. The predicted octanol–water partition coefficient (Wildman–Crippen LogP) is 6.50. The van der Waals surface area contributed by atoms with Gasteiger partial charge in [0.05, 0.1) is 17.2 Å². The number of hydrazone groups is 1. The molecule has 1 amide bonds. The molecule has 0 saturated heterocycles. The number of rotatable bonds is 8. The van der Waals surface area contributed by atoms with Crippen molar-refractivity contribution >= 4 is 79.5 Å². The number of hydrogen-bond acceptors (Lipinski definition) is 4. The maximum atomic E-state index is 11.9. The summed E-state index contributed by atoms with van der Waals surface area (Å²) in [5.74, 6) is 0.419. The minimum atomic E-state index is -0.242. The fraction of sp³-hybridized carbons (Fsp3) is 0.0909. The number of carbonyl (C=O) groups excluding carboxylic acids is 1. The van der Waals surface area contributed by atoms with Crippen LogP contribution in [0.2, 0.25) is 10.0 Å². The van der Waals surface area contributed by atoms with E-state index in [0.717, 1.165) is 24.9 Å². The molecule has 0 aliphatic heterocycles. The fourth-order valence-electron chi connectivity index (χ4n) is 2.48. The standard InChI is InChI=1S/C22H17BrCl2IN3O2/c23-19-9-14(1-8-21(19)31-13-15-2-3-16(24)10-20(15)25)11-28-29-22(30)12-27-18-6-4-17(26)5-7-18/h1-11,27H,12-13H2,(H,29,30)/b28-11-. The molecule has 0 aliphatic carbocycles. The molecule has 5 nitrogen and oxygen atoms in total.